The fourth-order valence-corrected chi connectivity index (χ4v) is 6.12. The molecule has 0 spiro atoms. The second kappa shape index (κ2) is 7.65. The van der Waals surface area contributed by atoms with Crippen LogP contribution in [0.2, 0.25) is 0 Å². The highest BCUT2D eigenvalue weighted by Gasteiger charge is 2.37. The smallest absolute Gasteiger partial charge is 0.252 e. The maximum atomic E-state index is 12.9. The molecule has 0 saturated carbocycles. The zero-order valence-corrected chi connectivity index (χ0v) is 17.7. The zero-order chi connectivity index (χ0) is 21.6. The number of fused-ring (bicyclic) bond motifs is 2. The molecule has 3 aliphatic rings. The largest absolute Gasteiger partial charge is 0.368 e. The van der Waals surface area contributed by atoms with Crippen molar-refractivity contribution in [1.29, 1.82) is 0 Å². The van der Waals surface area contributed by atoms with Gasteiger partial charge in [0.15, 0.2) is 0 Å². The molecule has 2 aromatic carbocycles. The van der Waals surface area contributed by atoms with Crippen molar-refractivity contribution in [1.82, 2.24) is 14.9 Å². The van der Waals surface area contributed by atoms with Gasteiger partial charge in [0.2, 0.25) is 15.9 Å². The lowest BCUT2D eigenvalue weighted by molar-refractivity contribution is -0.133. The predicted molar refractivity (Wildman–Crippen MR) is 115 cm³/mol. The summed E-state index contributed by atoms with van der Waals surface area (Å²) in [5, 5.41) is 6.19. The molecule has 2 amide bonds. The minimum Gasteiger partial charge on any atom is -0.368 e. The third kappa shape index (κ3) is 3.68. The molecule has 1 fully saturated rings. The molecule has 2 aromatic rings. The number of sulfonamides is 1. The molecule has 162 valence electrons. The van der Waals surface area contributed by atoms with Crippen LogP contribution < -0.4 is 15.4 Å². The molecule has 8 nitrogen and oxygen atoms in total. The second-order valence-corrected chi connectivity index (χ2v) is 9.96. The summed E-state index contributed by atoms with van der Waals surface area (Å²) in [5.41, 5.74) is 2.12. The second-order valence-electron chi connectivity index (χ2n) is 8.28. The molecular formula is C22H24N4O4S. The number of amides is 2. The standard InChI is InChI=1S/C22H24N4O4S/c27-20(13-18-15-5-1-2-6-16(15)22(28)24-18)26-11-9-14(10-12-26)21-23-17-7-3-4-8-19(17)31(29,30)25-21/h1-8,14,18,21,23,25H,9-13H2,(H,24,28). The van der Waals surface area contributed by atoms with Crippen molar-refractivity contribution in [3.8, 4) is 0 Å². The molecule has 0 bridgehead atoms. The van der Waals surface area contributed by atoms with Gasteiger partial charge in [-0.3, -0.25) is 9.59 Å². The van der Waals surface area contributed by atoms with Gasteiger partial charge in [0.05, 0.1) is 24.3 Å². The van der Waals surface area contributed by atoms with E-state index in [9.17, 15) is 18.0 Å². The molecule has 31 heavy (non-hydrogen) atoms. The number of hydrogen-bond donors (Lipinski definition) is 3. The maximum absolute atomic E-state index is 12.9. The van der Waals surface area contributed by atoms with Crippen LogP contribution in [-0.2, 0) is 14.8 Å². The Bertz CT molecular complexity index is 1140. The Kier molecular flexibility index (Phi) is 4.94. The van der Waals surface area contributed by atoms with Gasteiger partial charge in [-0.25, -0.2) is 8.42 Å². The van der Waals surface area contributed by atoms with Crippen LogP contribution >= 0.6 is 0 Å². The molecule has 3 N–H and O–H groups in total. The number of carbonyl (C=O) groups excluding carboxylic acids is 2. The SMILES string of the molecule is O=C1NC(CC(=O)N2CCC(C3Nc4ccccc4S(=O)(=O)N3)CC2)c2ccccc21. The summed E-state index contributed by atoms with van der Waals surface area (Å²) in [6.07, 6.45) is 1.23. The quantitative estimate of drug-likeness (QED) is 0.675. The highest BCUT2D eigenvalue weighted by molar-refractivity contribution is 7.89. The van der Waals surface area contributed by atoms with E-state index in [4.69, 9.17) is 0 Å². The van der Waals surface area contributed by atoms with Crippen molar-refractivity contribution >= 4 is 27.5 Å². The normalized spacial score (nSPS) is 24.6. The summed E-state index contributed by atoms with van der Waals surface area (Å²) in [5.74, 6) is -0.0508. The highest BCUT2D eigenvalue weighted by atomic mass is 32.2. The fraction of sp³-hybridized carbons (Fsp3) is 0.364. The van der Waals surface area contributed by atoms with Crippen molar-refractivity contribution in [3.63, 3.8) is 0 Å². The summed E-state index contributed by atoms with van der Waals surface area (Å²) >= 11 is 0. The first-order valence-corrected chi connectivity index (χ1v) is 12.0. The van der Waals surface area contributed by atoms with Crippen LogP contribution in [0.4, 0.5) is 5.69 Å². The number of hydrogen-bond acceptors (Lipinski definition) is 5. The first kappa shape index (κ1) is 20.0. The first-order chi connectivity index (χ1) is 14.9. The molecule has 9 heteroatoms. The fourth-order valence-electron chi connectivity index (χ4n) is 4.73. The predicted octanol–water partition coefficient (Wildman–Crippen LogP) is 1.83. The Balaban J connectivity index is 1.21. The topological polar surface area (TPSA) is 108 Å². The molecule has 0 aromatic heterocycles. The maximum Gasteiger partial charge on any atom is 0.252 e. The van der Waals surface area contributed by atoms with Crippen LogP contribution in [0.15, 0.2) is 53.4 Å². The van der Waals surface area contributed by atoms with Gasteiger partial charge in [-0.1, -0.05) is 30.3 Å². The van der Waals surface area contributed by atoms with E-state index >= 15 is 0 Å². The monoisotopic (exact) mass is 440 g/mol. The summed E-state index contributed by atoms with van der Waals surface area (Å²) in [6, 6.07) is 13.9. The summed E-state index contributed by atoms with van der Waals surface area (Å²) in [6.45, 7) is 1.13. The molecular weight excluding hydrogens is 416 g/mol. The minimum absolute atomic E-state index is 0.00276. The van der Waals surface area contributed by atoms with Crippen LogP contribution in [0.25, 0.3) is 0 Å². The van der Waals surface area contributed by atoms with Crippen LogP contribution in [0.3, 0.4) is 0 Å². The van der Waals surface area contributed by atoms with E-state index in [0.717, 1.165) is 5.56 Å². The Morgan fingerprint density at radius 2 is 1.71 bits per heavy atom. The van der Waals surface area contributed by atoms with Gasteiger partial charge in [0.25, 0.3) is 5.91 Å². The first-order valence-electron chi connectivity index (χ1n) is 10.5. The molecule has 2 unspecified atom stereocenters. The number of para-hydroxylation sites is 1. The average molecular weight is 441 g/mol. The van der Waals surface area contributed by atoms with Crippen LogP contribution in [-0.4, -0.2) is 44.4 Å². The van der Waals surface area contributed by atoms with E-state index in [0.29, 0.717) is 37.2 Å². The van der Waals surface area contributed by atoms with E-state index < -0.39 is 16.2 Å². The number of nitrogens with one attached hydrogen (secondary N) is 3. The van der Waals surface area contributed by atoms with Gasteiger partial charge < -0.3 is 15.5 Å². The molecule has 0 aliphatic carbocycles. The number of nitrogens with zero attached hydrogens (tertiary/aromatic N) is 1. The van der Waals surface area contributed by atoms with E-state index in [2.05, 4.69) is 15.4 Å². The van der Waals surface area contributed by atoms with E-state index in [1.165, 1.54) is 0 Å². The van der Waals surface area contributed by atoms with Crippen molar-refractivity contribution in [2.75, 3.05) is 18.4 Å². The van der Waals surface area contributed by atoms with Crippen molar-refractivity contribution in [2.24, 2.45) is 5.92 Å². The van der Waals surface area contributed by atoms with E-state index in [-0.39, 0.29) is 35.1 Å². The number of anilines is 1. The summed E-state index contributed by atoms with van der Waals surface area (Å²) in [4.78, 5) is 27.0. The van der Waals surface area contributed by atoms with Gasteiger partial charge in [-0.05, 0) is 42.5 Å². The molecule has 1 saturated heterocycles. The van der Waals surface area contributed by atoms with Gasteiger partial charge in [0.1, 0.15) is 4.90 Å². The van der Waals surface area contributed by atoms with Gasteiger partial charge >= 0.3 is 0 Å². The lowest BCUT2D eigenvalue weighted by Gasteiger charge is -2.39. The third-order valence-corrected chi connectivity index (χ3v) is 7.90. The lowest BCUT2D eigenvalue weighted by atomic mass is 9.93. The van der Waals surface area contributed by atoms with Gasteiger partial charge in [-0.15, -0.1) is 0 Å². The number of carbonyl (C=O) groups is 2. The Morgan fingerprint density at radius 3 is 2.52 bits per heavy atom. The third-order valence-electron chi connectivity index (χ3n) is 6.40. The molecule has 5 rings (SSSR count). The lowest BCUT2D eigenvalue weighted by Crippen LogP contribution is -2.52. The molecule has 2 atom stereocenters. The van der Waals surface area contributed by atoms with Crippen molar-refractivity contribution in [2.45, 2.75) is 36.4 Å². The molecule has 0 radical (unpaired) electrons. The average Bonchev–Trinajstić information content (AvgIpc) is 3.09. The Hall–Kier alpha value is -2.91. The van der Waals surface area contributed by atoms with Crippen LogP contribution in [0.5, 0.6) is 0 Å². The number of rotatable bonds is 3. The van der Waals surface area contributed by atoms with E-state index in [1.54, 1.807) is 24.3 Å². The Labute approximate surface area is 181 Å². The number of piperidine rings is 1. The molecule has 3 aliphatic heterocycles. The Morgan fingerprint density at radius 1 is 1.00 bits per heavy atom. The van der Waals surface area contributed by atoms with Crippen LogP contribution in [0.1, 0.15) is 41.2 Å². The van der Waals surface area contributed by atoms with Crippen molar-refractivity contribution in [3.05, 3.63) is 59.7 Å². The van der Waals surface area contributed by atoms with E-state index in [1.807, 2.05) is 29.2 Å². The van der Waals surface area contributed by atoms with Gasteiger partial charge in [0, 0.05) is 18.7 Å². The van der Waals surface area contributed by atoms with Crippen molar-refractivity contribution < 1.29 is 18.0 Å². The van der Waals surface area contributed by atoms with Gasteiger partial charge in [-0.2, -0.15) is 4.72 Å². The minimum atomic E-state index is -3.55. The summed E-state index contributed by atoms with van der Waals surface area (Å²) < 4.78 is 27.9. The van der Waals surface area contributed by atoms with Crippen LogP contribution in [0, 0.1) is 5.92 Å². The zero-order valence-electron chi connectivity index (χ0n) is 16.9. The number of likely N-dealkylation sites (tertiary alicyclic amines) is 1. The number of benzene rings is 2. The molecule has 3 heterocycles. The highest BCUT2D eigenvalue weighted by Crippen LogP contribution is 2.32. The summed E-state index contributed by atoms with van der Waals surface area (Å²) in [7, 11) is -3.55.